The number of carbonyl (C=O) groups excluding carboxylic acids is 2. The van der Waals surface area contributed by atoms with Crippen molar-refractivity contribution in [3.8, 4) is 0 Å². The zero-order valence-electron chi connectivity index (χ0n) is 13.3. The van der Waals surface area contributed by atoms with Gasteiger partial charge in [0.1, 0.15) is 5.25 Å². The second-order valence-electron chi connectivity index (χ2n) is 6.05. The molecule has 1 saturated heterocycles. The molecule has 2 fully saturated rings. The van der Waals surface area contributed by atoms with Crippen LogP contribution in [0.5, 0.6) is 0 Å². The first-order valence-electron chi connectivity index (χ1n) is 8.21. The Labute approximate surface area is 154 Å². The van der Waals surface area contributed by atoms with Gasteiger partial charge in [0.05, 0.1) is 11.7 Å². The molecular weight excluding hydrogens is 390 g/mol. The van der Waals surface area contributed by atoms with E-state index in [1.54, 1.807) is 0 Å². The van der Waals surface area contributed by atoms with Crippen molar-refractivity contribution >= 4 is 50.4 Å². The van der Waals surface area contributed by atoms with Gasteiger partial charge in [-0.05, 0) is 40.9 Å². The van der Waals surface area contributed by atoms with Crippen LogP contribution < -0.4 is 10.6 Å². The summed E-state index contributed by atoms with van der Waals surface area (Å²) in [5, 5.41) is 5.92. The van der Waals surface area contributed by atoms with Crippen LogP contribution in [0.25, 0.3) is 0 Å². The largest absolute Gasteiger partial charge is 0.325 e. The number of anilines is 1. The van der Waals surface area contributed by atoms with E-state index in [4.69, 9.17) is 0 Å². The summed E-state index contributed by atoms with van der Waals surface area (Å²) < 4.78 is 0.821. The van der Waals surface area contributed by atoms with Gasteiger partial charge in [0.2, 0.25) is 11.8 Å². The van der Waals surface area contributed by atoms with Crippen LogP contribution in [0.1, 0.15) is 38.5 Å². The van der Waals surface area contributed by atoms with Crippen LogP contribution in [0, 0.1) is 0 Å². The van der Waals surface area contributed by atoms with Crippen LogP contribution in [0.3, 0.4) is 0 Å². The Morgan fingerprint density at radius 2 is 2.04 bits per heavy atom. The van der Waals surface area contributed by atoms with Crippen LogP contribution in [0.4, 0.5) is 5.69 Å². The number of benzene rings is 1. The van der Waals surface area contributed by atoms with Crippen molar-refractivity contribution in [2.45, 2.75) is 49.8 Å². The second-order valence-corrected chi connectivity index (χ2v) is 8.10. The van der Waals surface area contributed by atoms with Gasteiger partial charge in [-0.15, -0.1) is 0 Å². The number of nitrogens with one attached hydrogen (secondary N) is 2. The summed E-state index contributed by atoms with van der Waals surface area (Å²) in [5.74, 6) is -0.301. The Hall–Kier alpha value is -1.34. The molecule has 1 aromatic carbocycles. The summed E-state index contributed by atoms with van der Waals surface area (Å²) in [5.41, 5.74) is 0.710. The van der Waals surface area contributed by atoms with Crippen molar-refractivity contribution in [2.24, 2.45) is 4.99 Å². The number of hydrogen-bond donors (Lipinski definition) is 2. The molecule has 0 spiro atoms. The lowest BCUT2D eigenvalue weighted by Crippen LogP contribution is -2.28. The lowest BCUT2D eigenvalue weighted by molar-refractivity contribution is -0.122. The van der Waals surface area contributed by atoms with E-state index in [2.05, 4.69) is 31.6 Å². The van der Waals surface area contributed by atoms with Crippen LogP contribution in [-0.2, 0) is 9.59 Å². The van der Waals surface area contributed by atoms with E-state index in [-0.39, 0.29) is 18.2 Å². The third-order valence-electron chi connectivity index (χ3n) is 4.17. The van der Waals surface area contributed by atoms with Gasteiger partial charge in [-0.3, -0.25) is 14.6 Å². The number of carbonyl (C=O) groups is 2. The summed E-state index contributed by atoms with van der Waals surface area (Å²) in [6.07, 6.45) is 6.01. The van der Waals surface area contributed by atoms with E-state index < -0.39 is 5.25 Å². The highest BCUT2D eigenvalue weighted by molar-refractivity contribution is 9.10. The number of thioether (sulfide) groups is 1. The van der Waals surface area contributed by atoms with Gasteiger partial charge in [-0.25, -0.2) is 0 Å². The third-order valence-corrected chi connectivity index (χ3v) is 5.96. The van der Waals surface area contributed by atoms with Gasteiger partial charge < -0.3 is 10.6 Å². The molecule has 1 atom stereocenters. The fourth-order valence-corrected chi connectivity index (χ4v) is 4.33. The molecule has 5 nitrogen and oxygen atoms in total. The fourth-order valence-electron chi connectivity index (χ4n) is 2.91. The van der Waals surface area contributed by atoms with Crippen molar-refractivity contribution in [1.29, 1.82) is 0 Å². The summed E-state index contributed by atoms with van der Waals surface area (Å²) in [7, 11) is 0. The average molecular weight is 410 g/mol. The number of amides is 2. The van der Waals surface area contributed by atoms with Crippen molar-refractivity contribution in [2.75, 3.05) is 5.32 Å². The number of para-hydroxylation sites is 1. The maximum Gasteiger partial charge on any atom is 0.240 e. The molecule has 2 N–H and O–H groups in total. The van der Waals surface area contributed by atoms with Gasteiger partial charge in [0, 0.05) is 10.9 Å². The lowest BCUT2D eigenvalue weighted by Gasteiger charge is -2.17. The molecule has 1 unspecified atom stereocenters. The van der Waals surface area contributed by atoms with Gasteiger partial charge in [-0.2, -0.15) is 0 Å². The first kappa shape index (κ1) is 17.5. The molecule has 0 radical (unpaired) electrons. The summed E-state index contributed by atoms with van der Waals surface area (Å²) in [6.45, 7) is 0. The molecule has 24 heavy (non-hydrogen) atoms. The first-order chi connectivity index (χ1) is 11.6. The predicted octanol–water partition coefficient (Wildman–Crippen LogP) is 3.70. The molecule has 1 heterocycles. The molecule has 2 aliphatic rings. The van der Waals surface area contributed by atoms with Gasteiger partial charge in [0.15, 0.2) is 5.17 Å². The minimum Gasteiger partial charge on any atom is -0.325 e. The Morgan fingerprint density at radius 1 is 1.29 bits per heavy atom. The Morgan fingerprint density at radius 3 is 2.79 bits per heavy atom. The Balaban J connectivity index is 1.55. The van der Waals surface area contributed by atoms with E-state index in [0.717, 1.165) is 17.3 Å². The first-order valence-corrected chi connectivity index (χ1v) is 9.89. The molecular formula is C17H20BrN3O2S. The second kappa shape index (κ2) is 8.16. The van der Waals surface area contributed by atoms with Crippen molar-refractivity contribution in [1.82, 2.24) is 5.32 Å². The minimum atomic E-state index is -0.408. The number of hydrogen-bond acceptors (Lipinski definition) is 4. The zero-order chi connectivity index (χ0) is 16.9. The highest BCUT2D eigenvalue weighted by Crippen LogP contribution is 2.27. The van der Waals surface area contributed by atoms with E-state index in [1.165, 1.54) is 31.0 Å². The normalized spacial score (nSPS) is 23.3. The number of amidine groups is 1. The van der Waals surface area contributed by atoms with Crippen LogP contribution in [0.2, 0.25) is 0 Å². The molecule has 3 rings (SSSR count). The molecule has 128 valence electrons. The van der Waals surface area contributed by atoms with Gasteiger partial charge in [0.25, 0.3) is 0 Å². The van der Waals surface area contributed by atoms with Gasteiger partial charge >= 0.3 is 0 Å². The average Bonchev–Trinajstić information content (AvgIpc) is 2.90. The number of aliphatic imine (C=N–C) groups is 1. The summed E-state index contributed by atoms with van der Waals surface area (Å²) in [4.78, 5) is 28.9. The number of halogens is 1. The maximum atomic E-state index is 12.2. The molecule has 0 bridgehead atoms. The SMILES string of the molecule is O=C(CC1SC(=NC2CCCCC2)NC1=O)Nc1ccccc1Br. The third kappa shape index (κ3) is 4.60. The zero-order valence-corrected chi connectivity index (χ0v) is 15.7. The summed E-state index contributed by atoms with van der Waals surface area (Å²) in [6, 6.07) is 7.73. The summed E-state index contributed by atoms with van der Waals surface area (Å²) >= 11 is 4.77. The van der Waals surface area contributed by atoms with Gasteiger partial charge in [-0.1, -0.05) is 43.2 Å². The minimum absolute atomic E-state index is 0.128. The molecule has 1 aliphatic heterocycles. The Bertz CT molecular complexity index is 659. The van der Waals surface area contributed by atoms with E-state index in [9.17, 15) is 9.59 Å². The van der Waals surface area contributed by atoms with Crippen LogP contribution in [0.15, 0.2) is 33.7 Å². The number of rotatable bonds is 4. The van der Waals surface area contributed by atoms with E-state index >= 15 is 0 Å². The fraction of sp³-hybridized carbons (Fsp3) is 0.471. The molecule has 0 aromatic heterocycles. The molecule has 1 saturated carbocycles. The standard InChI is InChI=1S/C17H20BrN3O2S/c18-12-8-4-5-9-13(12)20-15(22)10-14-16(23)21-17(24-14)19-11-6-2-1-3-7-11/h4-5,8-9,11,14H,1-3,6-7,10H2,(H,20,22)(H,19,21,23). The van der Waals surface area contributed by atoms with Crippen LogP contribution >= 0.6 is 27.7 Å². The van der Waals surface area contributed by atoms with E-state index in [1.807, 2.05) is 24.3 Å². The number of nitrogens with zero attached hydrogens (tertiary/aromatic N) is 1. The maximum absolute atomic E-state index is 12.2. The molecule has 7 heteroatoms. The highest BCUT2D eigenvalue weighted by Gasteiger charge is 2.32. The quantitative estimate of drug-likeness (QED) is 0.795. The van der Waals surface area contributed by atoms with Crippen LogP contribution in [-0.4, -0.2) is 28.3 Å². The van der Waals surface area contributed by atoms with Crippen molar-refractivity contribution < 1.29 is 9.59 Å². The highest BCUT2D eigenvalue weighted by atomic mass is 79.9. The molecule has 1 aromatic rings. The topological polar surface area (TPSA) is 70.6 Å². The van der Waals surface area contributed by atoms with E-state index in [0.29, 0.717) is 16.9 Å². The molecule has 1 aliphatic carbocycles. The lowest BCUT2D eigenvalue weighted by atomic mass is 9.96. The Kier molecular flexibility index (Phi) is 5.94. The monoisotopic (exact) mass is 409 g/mol. The predicted molar refractivity (Wildman–Crippen MR) is 101 cm³/mol. The molecule has 2 amide bonds. The van der Waals surface area contributed by atoms with Crippen molar-refractivity contribution in [3.05, 3.63) is 28.7 Å². The van der Waals surface area contributed by atoms with Crippen molar-refractivity contribution in [3.63, 3.8) is 0 Å². The smallest absolute Gasteiger partial charge is 0.240 e.